The Morgan fingerprint density at radius 1 is 1.35 bits per heavy atom. The van der Waals surface area contributed by atoms with Gasteiger partial charge in [0.15, 0.2) is 0 Å². The van der Waals surface area contributed by atoms with Crippen molar-refractivity contribution in [3.63, 3.8) is 0 Å². The highest BCUT2D eigenvalue weighted by Crippen LogP contribution is 2.35. The normalized spacial score (nSPS) is 14.3. The molecule has 104 valence electrons. The minimum Gasteiger partial charge on any atom is -0.331 e. The fourth-order valence-electron chi connectivity index (χ4n) is 2.08. The van der Waals surface area contributed by atoms with E-state index < -0.39 is 0 Å². The van der Waals surface area contributed by atoms with Gasteiger partial charge in [0.2, 0.25) is 0 Å². The van der Waals surface area contributed by atoms with E-state index in [1.165, 1.54) is 11.3 Å². The molecule has 1 saturated carbocycles. The molecule has 0 bridgehead atoms. The van der Waals surface area contributed by atoms with Crippen molar-refractivity contribution in [2.45, 2.75) is 25.4 Å². The maximum atomic E-state index is 12.6. The number of amides is 1. The minimum atomic E-state index is -0.0440. The third-order valence-corrected chi connectivity index (χ3v) is 4.73. The van der Waals surface area contributed by atoms with Gasteiger partial charge in [0.25, 0.3) is 5.91 Å². The van der Waals surface area contributed by atoms with Gasteiger partial charge >= 0.3 is 0 Å². The Labute approximate surface area is 131 Å². The van der Waals surface area contributed by atoms with Crippen molar-refractivity contribution in [3.05, 3.63) is 50.4 Å². The maximum Gasteiger partial charge on any atom is 0.256 e. The molecular weight excluding hydrogens is 315 g/mol. The van der Waals surface area contributed by atoms with Gasteiger partial charge in [-0.3, -0.25) is 9.78 Å². The number of halogens is 2. The van der Waals surface area contributed by atoms with Gasteiger partial charge in [0.05, 0.1) is 9.90 Å². The van der Waals surface area contributed by atoms with E-state index in [0.717, 1.165) is 18.4 Å². The first-order valence-corrected chi connectivity index (χ1v) is 7.87. The van der Waals surface area contributed by atoms with Crippen molar-refractivity contribution in [3.8, 4) is 0 Å². The second-order valence-electron chi connectivity index (χ2n) is 4.76. The summed E-state index contributed by atoms with van der Waals surface area (Å²) in [5.74, 6) is -0.0440. The molecule has 0 spiro atoms. The molecule has 1 aliphatic rings. The number of hydrogen-bond acceptors (Lipinski definition) is 3. The van der Waals surface area contributed by atoms with Gasteiger partial charge in [-0.15, -0.1) is 11.3 Å². The second-order valence-corrected chi connectivity index (χ2v) is 7.04. The third kappa shape index (κ3) is 2.97. The van der Waals surface area contributed by atoms with Gasteiger partial charge in [-0.1, -0.05) is 23.2 Å². The zero-order valence-electron chi connectivity index (χ0n) is 10.6. The van der Waals surface area contributed by atoms with Crippen LogP contribution in [0.2, 0.25) is 8.67 Å². The summed E-state index contributed by atoms with van der Waals surface area (Å²) in [5.41, 5.74) is 1.57. The lowest BCUT2D eigenvalue weighted by Crippen LogP contribution is -2.32. The van der Waals surface area contributed by atoms with Crippen LogP contribution < -0.4 is 0 Å². The molecule has 2 aromatic heterocycles. The van der Waals surface area contributed by atoms with Crippen molar-refractivity contribution in [1.29, 1.82) is 0 Å². The molecule has 0 saturated heterocycles. The predicted molar refractivity (Wildman–Crippen MR) is 81.5 cm³/mol. The van der Waals surface area contributed by atoms with Crippen molar-refractivity contribution in [2.24, 2.45) is 0 Å². The highest BCUT2D eigenvalue weighted by atomic mass is 35.5. The molecule has 2 heterocycles. The van der Waals surface area contributed by atoms with E-state index in [4.69, 9.17) is 23.2 Å². The molecule has 0 atom stereocenters. The van der Waals surface area contributed by atoms with Crippen molar-refractivity contribution in [2.75, 3.05) is 0 Å². The highest BCUT2D eigenvalue weighted by molar-refractivity contribution is 7.20. The van der Waals surface area contributed by atoms with Crippen LogP contribution in [0.1, 0.15) is 28.8 Å². The topological polar surface area (TPSA) is 33.2 Å². The lowest BCUT2D eigenvalue weighted by molar-refractivity contribution is 0.0730. The summed E-state index contributed by atoms with van der Waals surface area (Å²) in [7, 11) is 0. The second kappa shape index (κ2) is 5.72. The summed E-state index contributed by atoms with van der Waals surface area (Å²) in [6.07, 6.45) is 5.57. The Kier molecular flexibility index (Phi) is 3.96. The number of thiophene rings is 1. The molecule has 0 N–H and O–H groups in total. The summed E-state index contributed by atoms with van der Waals surface area (Å²) < 4.78 is 0.999. The quantitative estimate of drug-likeness (QED) is 0.841. The summed E-state index contributed by atoms with van der Waals surface area (Å²) in [4.78, 5) is 18.5. The van der Waals surface area contributed by atoms with Crippen LogP contribution in [-0.2, 0) is 6.54 Å². The minimum absolute atomic E-state index is 0.0440. The summed E-state index contributed by atoms with van der Waals surface area (Å²) in [5, 5.41) is 0. The van der Waals surface area contributed by atoms with E-state index in [-0.39, 0.29) is 5.91 Å². The van der Waals surface area contributed by atoms with Crippen LogP contribution in [0.4, 0.5) is 0 Å². The smallest absolute Gasteiger partial charge is 0.256 e. The van der Waals surface area contributed by atoms with Crippen LogP contribution in [-0.4, -0.2) is 21.8 Å². The number of nitrogens with zero attached hydrogens (tertiary/aromatic N) is 2. The SMILES string of the molecule is O=C(c1cc(Cl)sc1Cl)N(Cc1ccncc1)C1CC1. The summed E-state index contributed by atoms with van der Waals surface area (Å²) in [6, 6.07) is 5.81. The van der Waals surface area contributed by atoms with Crippen LogP contribution >= 0.6 is 34.5 Å². The summed E-state index contributed by atoms with van der Waals surface area (Å²) >= 11 is 13.2. The zero-order valence-corrected chi connectivity index (χ0v) is 12.9. The Morgan fingerprint density at radius 3 is 2.60 bits per heavy atom. The fraction of sp³-hybridized carbons (Fsp3) is 0.286. The zero-order chi connectivity index (χ0) is 14.1. The Hall–Kier alpha value is -1.10. The van der Waals surface area contributed by atoms with Gasteiger partial charge in [-0.2, -0.15) is 0 Å². The van der Waals surface area contributed by atoms with Gasteiger partial charge in [0, 0.05) is 25.0 Å². The van der Waals surface area contributed by atoms with E-state index >= 15 is 0 Å². The third-order valence-electron chi connectivity index (χ3n) is 3.24. The lowest BCUT2D eigenvalue weighted by atomic mass is 10.2. The summed E-state index contributed by atoms with van der Waals surface area (Å²) in [6.45, 7) is 0.579. The monoisotopic (exact) mass is 326 g/mol. The highest BCUT2D eigenvalue weighted by Gasteiger charge is 2.34. The molecule has 0 radical (unpaired) electrons. The Bertz CT molecular complexity index is 625. The molecule has 3 rings (SSSR count). The number of carbonyl (C=O) groups excluding carboxylic acids is 1. The van der Waals surface area contributed by atoms with Crippen LogP contribution in [0, 0.1) is 0 Å². The molecule has 6 heteroatoms. The van der Waals surface area contributed by atoms with Gasteiger partial charge in [0.1, 0.15) is 4.34 Å². The lowest BCUT2D eigenvalue weighted by Gasteiger charge is -2.22. The molecule has 0 aliphatic heterocycles. The molecular formula is C14H12Cl2N2OS. The van der Waals surface area contributed by atoms with Gasteiger partial charge in [-0.25, -0.2) is 0 Å². The van der Waals surface area contributed by atoms with E-state index in [9.17, 15) is 4.79 Å². The predicted octanol–water partition coefficient (Wildman–Crippen LogP) is 4.25. The molecule has 3 nitrogen and oxygen atoms in total. The molecule has 2 aromatic rings. The standard InChI is InChI=1S/C14H12Cl2N2OS/c15-12-7-11(13(16)20-12)14(19)18(10-1-2-10)8-9-3-5-17-6-4-9/h3-7,10H,1-2,8H2. The molecule has 0 unspecified atom stereocenters. The van der Waals surface area contributed by atoms with Crippen molar-refractivity contribution < 1.29 is 4.79 Å². The van der Waals surface area contributed by atoms with Crippen LogP contribution in [0.3, 0.4) is 0 Å². The first-order chi connectivity index (χ1) is 9.65. The average molecular weight is 327 g/mol. The number of aromatic nitrogens is 1. The molecule has 1 amide bonds. The molecule has 1 fully saturated rings. The number of pyridine rings is 1. The Morgan fingerprint density at radius 2 is 2.05 bits per heavy atom. The number of rotatable bonds is 4. The first-order valence-electron chi connectivity index (χ1n) is 6.30. The van der Waals surface area contributed by atoms with E-state index in [2.05, 4.69) is 4.98 Å². The first kappa shape index (κ1) is 13.9. The van der Waals surface area contributed by atoms with Crippen molar-refractivity contribution in [1.82, 2.24) is 9.88 Å². The van der Waals surface area contributed by atoms with E-state index in [1.807, 2.05) is 17.0 Å². The molecule has 20 heavy (non-hydrogen) atoms. The van der Waals surface area contributed by atoms with Crippen molar-refractivity contribution >= 4 is 40.4 Å². The number of hydrogen-bond donors (Lipinski definition) is 0. The average Bonchev–Trinajstić information content (AvgIpc) is 3.22. The fourth-order valence-corrected chi connectivity index (χ4v) is 3.53. The van der Waals surface area contributed by atoms with E-state index in [0.29, 0.717) is 26.8 Å². The maximum absolute atomic E-state index is 12.6. The van der Waals surface area contributed by atoms with Gasteiger partial charge in [-0.05, 0) is 36.6 Å². The van der Waals surface area contributed by atoms with Crippen LogP contribution in [0.25, 0.3) is 0 Å². The van der Waals surface area contributed by atoms with Gasteiger partial charge < -0.3 is 4.90 Å². The number of carbonyl (C=O) groups is 1. The van der Waals surface area contributed by atoms with Crippen LogP contribution in [0.15, 0.2) is 30.6 Å². The molecule has 0 aromatic carbocycles. The Balaban J connectivity index is 1.84. The molecule has 1 aliphatic carbocycles. The van der Waals surface area contributed by atoms with Crippen LogP contribution in [0.5, 0.6) is 0 Å². The van der Waals surface area contributed by atoms with E-state index in [1.54, 1.807) is 18.5 Å². The largest absolute Gasteiger partial charge is 0.331 e.